The molecule has 2 rings (SSSR count). The number of nitrogens with zero attached hydrogens (tertiary/aromatic N) is 2. The summed E-state index contributed by atoms with van der Waals surface area (Å²) in [5.41, 5.74) is 0.552. The first kappa shape index (κ1) is 16.0. The number of non-ortho nitro benzene ring substituents is 1. The number of rotatable bonds is 4. The van der Waals surface area contributed by atoms with Gasteiger partial charge in [-0.3, -0.25) is 19.8 Å². The molecule has 0 atom stereocenters. The summed E-state index contributed by atoms with van der Waals surface area (Å²) in [6.07, 6.45) is 1.06. The third kappa shape index (κ3) is 4.54. The second-order valence-corrected chi connectivity index (χ2v) is 7.66. The third-order valence-electron chi connectivity index (χ3n) is 3.70. The van der Waals surface area contributed by atoms with E-state index < -0.39 is 4.92 Å². The van der Waals surface area contributed by atoms with Gasteiger partial charge in [0.25, 0.3) is 5.69 Å². The first-order valence-electron chi connectivity index (χ1n) is 7.01. The Hall–Kier alpha value is -1.40. The predicted octanol–water partition coefficient (Wildman–Crippen LogP) is 3.00. The van der Waals surface area contributed by atoms with Crippen LogP contribution in [0.1, 0.15) is 30.6 Å². The van der Waals surface area contributed by atoms with Crippen LogP contribution in [-0.4, -0.2) is 45.7 Å². The molecule has 0 aromatic heterocycles. The second kappa shape index (κ2) is 6.58. The van der Waals surface area contributed by atoms with Gasteiger partial charge in [0.05, 0.1) is 11.5 Å². The van der Waals surface area contributed by atoms with Gasteiger partial charge in [-0.15, -0.1) is 0 Å². The molecule has 21 heavy (non-hydrogen) atoms. The summed E-state index contributed by atoms with van der Waals surface area (Å²) in [6.45, 7) is 6.68. The maximum atomic E-state index is 12.2. The van der Waals surface area contributed by atoms with Crippen molar-refractivity contribution in [2.75, 3.05) is 25.4 Å². The average molecular weight is 308 g/mol. The van der Waals surface area contributed by atoms with Crippen LogP contribution in [0.4, 0.5) is 5.69 Å². The van der Waals surface area contributed by atoms with Gasteiger partial charge in [-0.1, -0.05) is 13.8 Å². The minimum Gasteiger partial charge on any atom is -0.295 e. The second-order valence-electron chi connectivity index (χ2n) is 5.86. The standard InChI is InChI=1S/C15H20N2O3S/c1-15(2)7-8-16(9-10-21-15)11-14(18)12-3-5-13(6-4-12)17(19)20/h3-6H,7-11H2,1-2H3. The van der Waals surface area contributed by atoms with Crippen LogP contribution in [-0.2, 0) is 0 Å². The van der Waals surface area contributed by atoms with Crippen molar-refractivity contribution in [3.05, 3.63) is 39.9 Å². The van der Waals surface area contributed by atoms with E-state index in [0.29, 0.717) is 12.1 Å². The highest BCUT2D eigenvalue weighted by Gasteiger charge is 2.24. The third-order valence-corrected chi connectivity index (χ3v) is 5.07. The van der Waals surface area contributed by atoms with Crippen molar-refractivity contribution in [3.63, 3.8) is 0 Å². The van der Waals surface area contributed by atoms with Crippen LogP contribution in [0.25, 0.3) is 0 Å². The van der Waals surface area contributed by atoms with Gasteiger partial charge in [-0.25, -0.2) is 0 Å². The Labute approximate surface area is 128 Å². The average Bonchev–Trinajstić information content (AvgIpc) is 2.60. The molecule has 1 aliphatic heterocycles. The van der Waals surface area contributed by atoms with E-state index in [4.69, 9.17) is 0 Å². The van der Waals surface area contributed by atoms with Crippen molar-refractivity contribution >= 4 is 23.2 Å². The number of hydrogen-bond acceptors (Lipinski definition) is 5. The van der Waals surface area contributed by atoms with E-state index in [9.17, 15) is 14.9 Å². The fraction of sp³-hybridized carbons (Fsp3) is 0.533. The fourth-order valence-electron chi connectivity index (χ4n) is 2.28. The Morgan fingerprint density at radius 2 is 2.00 bits per heavy atom. The van der Waals surface area contributed by atoms with E-state index in [2.05, 4.69) is 18.7 Å². The van der Waals surface area contributed by atoms with Crippen LogP contribution in [0, 0.1) is 10.1 Å². The molecule has 1 fully saturated rings. The summed E-state index contributed by atoms with van der Waals surface area (Å²) in [7, 11) is 0. The molecular formula is C15H20N2O3S. The summed E-state index contributed by atoms with van der Waals surface area (Å²) < 4.78 is 0.269. The lowest BCUT2D eigenvalue weighted by Crippen LogP contribution is -2.32. The summed E-state index contributed by atoms with van der Waals surface area (Å²) in [6, 6.07) is 5.84. The van der Waals surface area contributed by atoms with Gasteiger partial charge < -0.3 is 0 Å². The molecule has 5 nitrogen and oxygen atoms in total. The van der Waals surface area contributed by atoms with Crippen LogP contribution < -0.4 is 0 Å². The van der Waals surface area contributed by atoms with Gasteiger partial charge >= 0.3 is 0 Å². The van der Waals surface area contributed by atoms with Gasteiger partial charge in [-0.2, -0.15) is 11.8 Å². The molecule has 0 spiro atoms. The molecule has 0 N–H and O–H groups in total. The smallest absolute Gasteiger partial charge is 0.269 e. The number of hydrogen-bond donors (Lipinski definition) is 0. The molecule has 0 radical (unpaired) electrons. The van der Waals surface area contributed by atoms with E-state index in [1.54, 1.807) is 0 Å². The molecule has 0 unspecified atom stereocenters. The first-order valence-corrected chi connectivity index (χ1v) is 8.00. The van der Waals surface area contributed by atoms with Crippen molar-refractivity contribution < 1.29 is 9.72 Å². The monoisotopic (exact) mass is 308 g/mol. The number of benzene rings is 1. The Kier molecular flexibility index (Phi) is 5.00. The summed E-state index contributed by atoms with van der Waals surface area (Å²) >= 11 is 1.95. The predicted molar refractivity (Wildman–Crippen MR) is 85.0 cm³/mol. The molecule has 1 aromatic carbocycles. The first-order chi connectivity index (χ1) is 9.87. The van der Waals surface area contributed by atoms with Crippen LogP contribution >= 0.6 is 11.8 Å². The van der Waals surface area contributed by atoms with E-state index >= 15 is 0 Å². The number of carbonyl (C=O) groups excluding carboxylic acids is 1. The van der Waals surface area contributed by atoms with Crippen molar-refractivity contribution in [2.45, 2.75) is 25.0 Å². The van der Waals surface area contributed by atoms with Gasteiger partial charge in [0.1, 0.15) is 0 Å². The van der Waals surface area contributed by atoms with E-state index in [0.717, 1.165) is 25.3 Å². The summed E-state index contributed by atoms with van der Waals surface area (Å²) in [4.78, 5) is 24.6. The van der Waals surface area contributed by atoms with E-state index in [-0.39, 0.29) is 16.2 Å². The Morgan fingerprint density at radius 1 is 1.33 bits per heavy atom. The van der Waals surface area contributed by atoms with Crippen LogP contribution in [0.2, 0.25) is 0 Å². The van der Waals surface area contributed by atoms with Crippen molar-refractivity contribution in [1.82, 2.24) is 4.90 Å². The zero-order valence-electron chi connectivity index (χ0n) is 12.4. The lowest BCUT2D eigenvalue weighted by atomic mass is 10.1. The number of nitro groups is 1. The number of nitro benzene ring substituents is 1. The molecule has 114 valence electrons. The zero-order chi connectivity index (χ0) is 15.5. The van der Waals surface area contributed by atoms with Gasteiger partial charge in [0.2, 0.25) is 0 Å². The Bertz CT molecular complexity index is 528. The highest BCUT2D eigenvalue weighted by atomic mass is 32.2. The minimum absolute atomic E-state index is 0.0134. The van der Waals surface area contributed by atoms with Crippen LogP contribution in [0.5, 0.6) is 0 Å². The number of Topliss-reactive ketones (excluding diaryl/α,β-unsaturated/α-hetero) is 1. The number of ketones is 1. The molecule has 0 bridgehead atoms. The topological polar surface area (TPSA) is 63.5 Å². The maximum Gasteiger partial charge on any atom is 0.269 e. The molecule has 1 aromatic rings. The summed E-state index contributed by atoms with van der Waals surface area (Å²) in [5.74, 6) is 1.05. The maximum absolute atomic E-state index is 12.2. The molecular weight excluding hydrogens is 288 g/mol. The highest BCUT2D eigenvalue weighted by Crippen LogP contribution is 2.30. The lowest BCUT2D eigenvalue weighted by molar-refractivity contribution is -0.384. The van der Waals surface area contributed by atoms with E-state index in [1.165, 1.54) is 24.3 Å². The molecule has 0 aliphatic carbocycles. The fourth-order valence-corrected chi connectivity index (χ4v) is 3.42. The van der Waals surface area contributed by atoms with Gasteiger partial charge in [0, 0.05) is 34.7 Å². The molecule has 0 saturated carbocycles. The normalized spacial score (nSPS) is 19.0. The van der Waals surface area contributed by atoms with Crippen molar-refractivity contribution in [3.8, 4) is 0 Å². The van der Waals surface area contributed by atoms with Crippen molar-refractivity contribution in [1.29, 1.82) is 0 Å². The highest BCUT2D eigenvalue weighted by molar-refractivity contribution is 8.00. The largest absolute Gasteiger partial charge is 0.295 e. The molecule has 0 amide bonds. The number of thioether (sulfide) groups is 1. The van der Waals surface area contributed by atoms with Crippen LogP contribution in [0.15, 0.2) is 24.3 Å². The van der Waals surface area contributed by atoms with Gasteiger partial charge in [-0.05, 0) is 25.1 Å². The summed E-state index contributed by atoms with van der Waals surface area (Å²) in [5, 5.41) is 10.6. The Morgan fingerprint density at radius 3 is 2.62 bits per heavy atom. The van der Waals surface area contributed by atoms with Crippen molar-refractivity contribution in [2.24, 2.45) is 0 Å². The SMILES string of the molecule is CC1(C)CCN(CC(=O)c2ccc([N+](=O)[O-])cc2)CCS1. The quantitative estimate of drug-likeness (QED) is 0.486. The van der Waals surface area contributed by atoms with Crippen LogP contribution in [0.3, 0.4) is 0 Å². The van der Waals surface area contributed by atoms with E-state index in [1.807, 2.05) is 11.8 Å². The molecule has 1 aliphatic rings. The molecule has 1 heterocycles. The molecule has 6 heteroatoms. The zero-order valence-corrected chi connectivity index (χ0v) is 13.2. The number of carbonyl (C=O) groups is 1. The molecule has 1 saturated heterocycles. The minimum atomic E-state index is -0.456. The van der Waals surface area contributed by atoms with Gasteiger partial charge in [0.15, 0.2) is 5.78 Å². The Balaban J connectivity index is 1.96. The lowest BCUT2D eigenvalue weighted by Gasteiger charge is -2.22.